The summed E-state index contributed by atoms with van der Waals surface area (Å²) in [5, 5.41) is 0. The van der Waals surface area contributed by atoms with Crippen molar-refractivity contribution in [2.24, 2.45) is 0 Å². The molecule has 1 saturated heterocycles. The van der Waals surface area contributed by atoms with Crippen LogP contribution in [-0.4, -0.2) is 69.1 Å². The average molecular weight is 488 g/mol. The van der Waals surface area contributed by atoms with Gasteiger partial charge in [-0.3, -0.25) is 14.4 Å². The molecule has 0 saturated carbocycles. The molecule has 1 N–H and O–H groups in total. The first-order valence-electron chi connectivity index (χ1n) is 11.7. The molecule has 34 heavy (non-hydrogen) atoms. The highest BCUT2D eigenvalue weighted by molar-refractivity contribution is 7.92. The second-order valence-electron chi connectivity index (χ2n) is 9.65. The first kappa shape index (κ1) is 24.3. The predicted molar refractivity (Wildman–Crippen MR) is 131 cm³/mol. The van der Waals surface area contributed by atoms with Crippen LogP contribution >= 0.6 is 0 Å². The summed E-state index contributed by atoms with van der Waals surface area (Å²) in [5.41, 5.74) is 1.01. The van der Waals surface area contributed by atoms with E-state index in [0.717, 1.165) is 25.9 Å². The van der Waals surface area contributed by atoms with E-state index in [4.69, 9.17) is 9.47 Å². The van der Waals surface area contributed by atoms with Gasteiger partial charge in [-0.25, -0.2) is 8.42 Å². The maximum Gasteiger partial charge on any atom is 0.262 e. The third kappa shape index (κ3) is 5.64. The molecule has 1 fully saturated rings. The number of anilines is 1. The van der Waals surface area contributed by atoms with Crippen LogP contribution in [-0.2, 0) is 10.0 Å². The Morgan fingerprint density at radius 1 is 0.882 bits per heavy atom. The SMILES string of the molecule is CC(C)(C)N1CCCN(C(=O)c2ccc(NS(=O)(=O)c3ccc4c(c3)OCCCO4)cc2)CC1. The van der Waals surface area contributed by atoms with E-state index in [2.05, 4.69) is 30.4 Å². The van der Waals surface area contributed by atoms with E-state index in [1.54, 1.807) is 30.3 Å². The number of amides is 1. The van der Waals surface area contributed by atoms with Crippen LogP contribution in [0, 0.1) is 0 Å². The van der Waals surface area contributed by atoms with E-state index in [-0.39, 0.29) is 16.3 Å². The molecule has 2 aliphatic rings. The largest absolute Gasteiger partial charge is 0.490 e. The molecular formula is C25H33N3O5S. The molecular weight excluding hydrogens is 454 g/mol. The molecule has 0 radical (unpaired) electrons. The van der Waals surface area contributed by atoms with Crippen molar-refractivity contribution in [3.8, 4) is 11.5 Å². The molecule has 0 bridgehead atoms. The summed E-state index contributed by atoms with van der Waals surface area (Å²) < 4.78 is 39.6. The highest BCUT2D eigenvalue weighted by Gasteiger charge is 2.26. The zero-order valence-corrected chi connectivity index (χ0v) is 20.9. The first-order valence-corrected chi connectivity index (χ1v) is 13.2. The molecule has 9 heteroatoms. The topological polar surface area (TPSA) is 88.2 Å². The third-order valence-electron chi connectivity index (χ3n) is 6.15. The zero-order chi connectivity index (χ0) is 24.3. The number of fused-ring (bicyclic) bond motifs is 1. The Balaban J connectivity index is 1.42. The summed E-state index contributed by atoms with van der Waals surface area (Å²) in [6, 6.07) is 11.1. The van der Waals surface area contributed by atoms with Gasteiger partial charge in [0.1, 0.15) is 0 Å². The summed E-state index contributed by atoms with van der Waals surface area (Å²) in [4.78, 5) is 17.4. The molecule has 2 aromatic carbocycles. The van der Waals surface area contributed by atoms with Crippen LogP contribution in [0.4, 0.5) is 5.69 Å². The number of nitrogens with zero attached hydrogens (tertiary/aromatic N) is 2. The van der Waals surface area contributed by atoms with E-state index >= 15 is 0 Å². The predicted octanol–water partition coefficient (Wildman–Crippen LogP) is 3.60. The van der Waals surface area contributed by atoms with Gasteiger partial charge in [0.15, 0.2) is 11.5 Å². The van der Waals surface area contributed by atoms with Gasteiger partial charge in [0, 0.05) is 55.5 Å². The molecule has 184 valence electrons. The fourth-order valence-corrected chi connectivity index (χ4v) is 5.25. The molecule has 4 rings (SSSR count). The minimum Gasteiger partial charge on any atom is -0.490 e. The minimum absolute atomic E-state index is 0.0342. The van der Waals surface area contributed by atoms with E-state index < -0.39 is 10.0 Å². The minimum atomic E-state index is -3.82. The number of carbonyl (C=O) groups excluding carboxylic acids is 1. The summed E-state index contributed by atoms with van der Waals surface area (Å²) in [6.07, 6.45) is 1.67. The highest BCUT2D eigenvalue weighted by Crippen LogP contribution is 2.32. The van der Waals surface area contributed by atoms with Gasteiger partial charge in [-0.1, -0.05) is 0 Å². The maximum atomic E-state index is 13.0. The van der Waals surface area contributed by atoms with Gasteiger partial charge in [0.2, 0.25) is 0 Å². The molecule has 0 aromatic heterocycles. The van der Waals surface area contributed by atoms with Gasteiger partial charge in [0.25, 0.3) is 15.9 Å². The molecule has 2 aliphatic heterocycles. The lowest BCUT2D eigenvalue weighted by Crippen LogP contribution is -2.44. The second kappa shape index (κ2) is 9.84. The van der Waals surface area contributed by atoms with Gasteiger partial charge < -0.3 is 14.4 Å². The van der Waals surface area contributed by atoms with Crippen molar-refractivity contribution >= 4 is 21.6 Å². The molecule has 0 aliphatic carbocycles. The van der Waals surface area contributed by atoms with Crippen molar-refractivity contribution in [2.75, 3.05) is 44.1 Å². The van der Waals surface area contributed by atoms with Crippen molar-refractivity contribution in [1.82, 2.24) is 9.80 Å². The van der Waals surface area contributed by atoms with E-state index in [9.17, 15) is 13.2 Å². The lowest BCUT2D eigenvalue weighted by Gasteiger charge is -2.34. The molecule has 2 heterocycles. The van der Waals surface area contributed by atoms with Crippen LogP contribution in [0.25, 0.3) is 0 Å². The van der Waals surface area contributed by atoms with Gasteiger partial charge >= 0.3 is 0 Å². The van der Waals surface area contributed by atoms with Crippen LogP contribution in [0.5, 0.6) is 11.5 Å². The number of benzene rings is 2. The van der Waals surface area contributed by atoms with E-state index in [1.165, 1.54) is 12.1 Å². The zero-order valence-electron chi connectivity index (χ0n) is 20.0. The Hall–Kier alpha value is -2.78. The Bertz CT molecular complexity index is 1130. The fraction of sp³-hybridized carbons (Fsp3) is 0.480. The average Bonchev–Trinajstić information content (AvgIpc) is 3.19. The van der Waals surface area contributed by atoms with Crippen molar-refractivity contribution in [3.63, 3.8) is 0 Å². The molecule has 1 amide bonds. The van der Waals surface area contributed by atoms with Crippen LogP contribution in [0.15, 0.2) is 47.4 Å². The summed E-state index contributed by atoms with van der Waals surface area (Å²) in [6.45, 7) is 10.8. The van der Waals surface area contributed by atoms with E-state index in [1.807, 2.05) is 4.90 Å². The van der Waals surface area contributed by atoms with Crippen LogP contribution in [0.3, 0.4) is 0 Å². The molecule has 0 atom stereocenters. The Morgan fingerprint density at radius 2 is 1.59 bits per heavy atom. The molecule has 0 spiro atoms. The summed E-state index contributed by atoms with van der Waals surface area (Å²) in [5.74, 6) is 0.926. The molecule has 2 aromatic rings. The third-order valence-corrected chi connectivity index (χ3v) is 7.52. The maximum absolute atomic E-state index is 13.0. The van der Waals surface area contributed by atoms with Crippen LogP contribution < -0.4 is 14.2 Å². The number of ether oxygens (including phenoxy) is 2. The van der Waals surface area contributed by atoms with E-state index in [0.29, 0.717) is 49.1 Å². The van der Waals surface area contributed by atoms with Crippen molar-refractivity contribution in [3.05, 3.63) is 48.0 Å². The Morgan fingerprint density at radius 3 is 2.29 bits per heavy atom. The number of rotatable bonds is 4. The number of carbonyl (C=O) groups is 1. The van der Waals surface area contributed by atoms with Crippen molar-refractivity contribution in [2.45, 2.75) is 44.0 Å². The highest BCUT2D eigenvalue weighted by atomic mass is 32.2. The summed E-state index contributed by atoms with van der Waals surface area (Å²) >= 11 is 0. The van der Waals surface area contributed by atoms with Gasteiger partial charge in [-0.15, -0.1) is 0 Å². The first-order chi connectivity index (χ1) is 16.1. The number of sulfonamides is 1. The summed E-state index contributed by atoms with van der Waals surface area (Å²) in [7, 11) is -3.82. The number of hydrogen-bond donors (Lipinski definition) is 1. The van der Waals surface area contributed by atoms with Crippen molar-refractivity contribution in [1.29, 1.82) is 0 Å². The number of nitrogens with one attached hydrogen (secondary N) is 1. The van der Waals surface area contributed by atoms with Crippen molar-refractivity contribution < 1.29 is 22.7 Å². The Labute approximate surface area is 201 Å². The van der Waals surface area contributed by atoms with Gasteiger partial charge in [-0.05, 0) is 63.6 Å². The van der Waals surface area contributed by atoms with Crippen LogP contribution in [0.1, 0.15) is 44.0 Å². The standard InChI is InChI=1S/C25H33N3O5S/c1-25(2,3)28-13-4-12-27(14-15-28)24(29)19-6-8-20(9-7-19)26-34(30,31)21-10-11-22-23(18-21)33-17-5-16-32-22/h6-11,18,26H,4-5,12-17H2,1-3H3. The van der Waals surface area contributed by atoms with Crippen LogP contribution in [0.2, 0.25) is 0 Å². The Kier molecular flexibility index (Phi) is 7.04. The fourth-order valence-electron chi connectivity index (χ4n) is 4.18. The normalized spacial score (nSPS) is 17.6. The van der Waals surface area contributed by atoms with Gasteiger partial charge in [0.05, 0.1) is 18.1 Å². The smallest absolute Gasteiger partial charge is 0.262 e. The quantitative estimate of drug-likeness (QED) is 0.709. The number of hydrogen-bond acceptors (Lipinski definition) is 6. The lowest BCUT2D eigenvalue weighted by atomic mass is 10.1. The van der Waals surface area contributed by atoms with Gasteiger partial charge in [-0.2, -0.15) is 0 Å². The molecule has 0 unspecified atom stereocenters. The lowest BCUT2D eigenvalue weighted by molar-refractivity contribution is 0.0749. The monoisotopic (exact) mass is 487 g/mol. The second-order valence-corrected chi connectivity index (χ2v) is 11.3. The molecule has 8 nitrogen and oxygen atoms in total.